The van der Waals surface area contributed by atoms with Gasteiger partial charge in [-0.2, -0.15) is 0 Å². The summed E-state index contributed by atoms with van der Waals surface area (Å²) in [5.41, 5.74) is 1.59. The van der Waals surface area contributed by atoms with Gasteiger partial charge in [0.25, 0.3) is 5.56 Å². The molecule has 0 atom stereocenters. The number of nitrogens with zero attached hydrogens (tertiary/aromatic N) is 4. The Hall–Kier alpha value is -3.03. The summed E-state index contributed by atoms with van der Waals surface area (Å²) in [5, 5.41) is 0. The summed E-state index contributed by atoms with van der Waals surface area (Å²) in [4.78, 5) is 44.5. The lowest BCUT2D eigenvalue weighted by Gasteiger charge is -2.27. The lowest BCUT2D eigenvalue weighted by Crippen LogP contribution is -2.41. The highest BCUT2D eigenvalue weighted by Gasteiger charge is 2.23. The third-order valence-corrected chi connectivity index (χ3v) is 4.94. The zero-order valence-electron chi connectivity index (χ0n) is 16.0. The molecule has 0 N–H and O–H groups in total. The van der Waals surface area contributed by atoms with Crippen LogP contribution in [0.4, 0.5) is 4.39 Å². The standard InChI is InChI=1S/C20H23FN4O3/c1-3-23(10-15-5-4-6-16(21)9-15)19(27)12-25-13-22-18-11-24(14(2)26)8-7-17(18)20(25)28/h4-6,9,13H,3,7-8,10-12H2,1-2H3. The first kappa shape index (κ1) is 19.7. The SMILES string of the molecule is CCN(Cc1cccc(F)c1)C(=O)Cn1cnc2c(c1=O)CCN(C(C)=O)C2. The van der Waals surface area contributed by atoms with Gasteiger partial charge in [0.05, 0.1) is 18.6 Å². The highest BCUT2D eigenvalue weighted by molar-refractivity contribution is 5.76. The molecule has 0 bridgehead atoms. The van der Waals surface area contributed by atoms with Crippen LogP contribution in [0, 0.1) is 5.82 Å². The van der Waals surface area contributed by atoms with E-state index in [2.05, 4.69) is 4.98 Å². The molecule has 8 heteroatoms. The average Bonchev–Trinajstić information content (AvgIpc) is 2.68. The molecule has 2 amide bonds. The smallest absolute Gasteiger partial charge is 0.257 e. The predicted molar refractivity (Wildman–Crippen MR) is 101 cm³/mol. The number of carbonyl (C=O) groups is 2. The van der Waals surface area contributed by atoms with E-state index in [0.717, 1.165) is 0 Å². The zero-order valence-corrected chi connectivity index (χ0v) is 16.0. The molecule has 0 unspecified atom stereocenters. The average molecular weight is 386 g/mol. The predicted octanol–water partition coefficient (Wildman–Crippen LogP) is 1.34. The Kier molecular flexibility index (Phi) is 5.87. The molecule has 2 aromatic rings. The van der Waals surface area contributed by atoms with Crippen molar-refractivity contribution in [3.8, 4) is 0 Å². The maximum Gasteiger partial charge on any atom is 0.257 e. The lowest BCUT2D eigenvalue weighted by molar-refractivity contribution is -0.132. The third-order valence-electron chi connectivity index (χ3n) is 4.94. The van der Waals surface area contributed by atoms with Gasteiger partial charge in [0, 0.05) is 32.1 Å². The fourth-order valence-corrected chi connectivity index (χ4v) is 3.32. The summed E-state index contributed by atoms with van der Waals surface area (Å²) in [7, 11) is 0. The van der Waals surface area contributed by atoms with E-state index in [-0.39, 0.29) is 36.3 Å². The van der Waals surface area contributed by atoms with E-state index in [0.29, 0.717) is 42.9 Å². The highest BCUT2D eigenvalue weighted by atomic mass is 19.1. The van der Waals surface area contributed by atoms with Gasteiger partial charge in [0.2, 0.25) is 11.8 Å². The molecule has 0 radical (unpaired) electrons. The van der Waals surface area contributed by atoms with Crippen molar-refractivity contribution in [2.24, 2.45) is 0 Å². The van der Waals surface area contributed by atoms with Crippen LogP contribution in [0.5, 0.6) is 0 Å². The van der Waals surface area contributed by atoms with Crippen molar-refractivity contribution in [1.82, 2.24) is 19.4 Å². The van der Waals surface area contributed by atoms with Crippen LogP contribution in [0.15, 0.2) is 35.4 Å². The molecule has 28 heavy (non-hydrogen) atoms. The molecule has 1 aromatic heterocycles. The van der Waals surface area contributed by atoms with Crippen molar-refractivity contribution in [1.29, 1.82) is 0 Å². The maximum atomic E-state index is 13.4. The van der Waals surface area contributed by atoms with Crippen LogP contribution in [0.2, 0.25) is 0 Å². The lowest BCUT2D eigenvalue weighted by atomic mass is 10.1. The second-order valence-corrected chi connectivity index (χ2v) is 6.83. The van der Waals surface area contributed by atoms with Crippen LogP contribution < -0.4 is 5.56 Å². The first-order valence-electron chi connectivity index (χ1n) is 9.24. The fourth-order valence-electron chi connectivity index (χ4n) is 3.32. The van der Waals surface area contributed by atoms with Crippen molar-refractivity contribution < 1.29 is 14.0 Å². The van der Waals surface area contributed by atoms with E-state index < -0.39 is 0 Å². The summed E-state index contributed by atoms with van der Waals surface area (Å²) in [6, 6.07) is 6.11. The van der Waals surface area contributed by atoms with E-state index in [1.165, 1.54) is 30.0 Å². The van der Waals surface area contributed by atoms with Gasteiger partial charge in [0.1, 0.15) is 12.4 Å². The van der Waals surface area contributed by atoms with Gasteiger partial charge in [-0.3, -0.25) is 19.0 Å². The molecule has 3 rings (SSSR count). The summed E-state index contributed by atoms with van der Waals surface area (Å²) in [5.74, 6) is -0.643. The van der Waals surface area contributed by atoms with Gasteiger partial charge in [-0.05, 0) is 31.0 Å². The van der Waals surface area contributed by atoms with E-state index in [1.807, 2.05) is 6.92 Å². The summed E-state index contributed by atoms with van der Waals surface area (Å²) in [6.07, 6.45) is 1.79. The van der Waals surface area contributed by atoms with E-state index in [1.54, 1.807) is 21.9 Å². The van der Waals surface area contributed by atoms with E-state index in [9.17, 15) is 18.8 Å². The van der Waals surface area contributed by atoms with Gasteiger partial charge < -0.3 is 9.80 Å². The first-order chi connectivity index (χ1) is 13.4. The van der Waals surface area contributed by atoms with Gasteiger partial charge >= 0.3 is 0 Å². The van der Waals surface area contributed by atoms with E-state index in [4.69, 9.17) is 0 Å². The second-order valence-electron chi connectivity index (χ2n) is 6.83. The van der Waals surface area contributed by atoms with Crippen LogP contribution in [0.25, 0.3) is 0 Å². The molecule has 0 saturated carbocycles. The van der Waals surface area contributed by atoms with Gasteiger partial charge in [0.15, 0.2) is 0 Å². The molecule has 1 aromatic carbocycles. The Bertz CT molecular complexity index is 957. The molecular formula is C20H23FN4O3. The number of carbonyl (C=O) groups excluding carboxylic acids is 2. The molecule has 0 fully saturated rings. The number of rotatable bonds is 5. The zero-order chi connectivity index (χ0) is 20.3. The summed E-state index contributed by atoms with van der Waals surface area (Å²) < 4.78 is 14.7. The quantitative estimate of drug-likeness (QED) is 0.777. The largest absolute Gasteiger partial charge is 0.337 e. The van der Waals surface area contributed by atoms with Gasteiger partial charge in [-0.25, -0.2) is 9.37 Å². The fraction of sp³-hybridized carbons (Fsp3) is 0.400. The maximum absolute atomic E-state index is 13.4. The molecular weight excluding hydrogens is 363 g/mol. The van der Waals surface area contributed by atoms with E-state index >= 15 is 0 Å². The minimum atomic E-state index is -0.351. The Morgan fingerprint density at radius 3 is 2.79 bits per heavy atom. The molecule has 148 valence electrons. The van der Waals surface area contributed by atoms with Gasteiger partial charge in [-0.15, -0.1) is 0 Å². The first-order valence-corrected chi connectivity index (χ1v) is 9.24. The second kappa shape index (κ2) is 8.33. The molecule has 1 aliphatic rings. The van der Waals surface area contributed by atoms with Crippen LogP contribution in [0.1, 0.15) is 30.7 Å². The van der Waals surface area contributed by atoms with Crippen molar-refractivity contribution in [3.05, 3.63) is 63.6 Å². The Morgan fingerprint density at radius 2 is 2.11 bits per heavy atom. The van der Waals surface area contributed by atoms with Crippen LogP contribution >= 0.6 is 0 Å². The number of amides is 2. The Labute approximate surface area is 162 Å². The minimum absolute atomic E-state index is 0.0530. The topological polar surface area (TPSA) is 75.5 Å². The molecule has 7 nitrogen and oxygen atoms in total. The van der Waals surface area contributed by atoms with Crippen molar-refractivity contribution >= 4 is 11.8 Å². The molecule has 0 aliphatic carbocycles. The molecule has 1 aliphatic heterocycles. The van der Waals surface area contributed by atoms with Crippen molar-refractivity contribution in [2.75, 3.05) is 13.1 Å². The van der Waals surface area contributed by atoms with Crippen LogP contribution in [-0.2, 0) is 35.6 Å². The summed E-state index contributed by atoms with van der Waals surface area (Å²) in [6.45, 7) is 4.69. The molecule has 0 spiro atoms. The third kappa shape index (κ3) is 4.27. The number of likely N-dealkylation sites (N-methyl/N-ethyl adjacent to an activating group) is 1. The number of benzene rings is 1. The van der Waals surface area contributed by atoms with Crippen molar-refractivity contribution in [3.63, 3.8) is 0 Å². The van der Waals surface area contributed by atoms with Crippen LogP contribution in [0.3, 0.4) is 0 Å². The molecule has 2 heterocycles. The normalized spacial score (nSPS) is 13.2. The number of halogens is 1. The number of fused-ring (bicyclic) bond motifs is 1. The monoisotopic (exact) mass is 386 g/mol. The van der Waals surface area contributed by atoms with Crippen molar-refractivity contribution in [2.45, 2.75) is 39.9 Å². The Balaban J connectivity index is 1.75. The number of aromatic nitrogens is 2. The molecule has 0 saturated heterocycles. The number of hydrogen-bond acceptors (Lipinski definition) is 4. The van der Waals surface area contributed by atoms with Gasteiger partial charge in [-0.1, -0.05) is 12.1 Å². The highest BCUT2D eigenvalue weighted by Crippen LogP contribution is 2.13. The van der Waals surface area contributed by atoms with Crippen LogP contribution in [-0.4, -0.2) is 44.3 Å². The number of hydrogen-bond donors (Lipinski definition) is 0. The minimum Gasteiger partial charge on any atom is -0.337 e. The summed E-state index contributed by atoms with van der Waals surface area (Å²) >= 11 is 0. The Morgan fingerprint density at radius 1 is 1.32 bits per heavy atom.